The van der Waals surface area contributed by atoms with E-state index in [0.29, 0.717) is 5.56 Å². The summed E-state index contributed by atoms with van der Waals surface area (Å²) in [6.45, 7) is 5.43. The summed E-state index contributed by atoms with van der Waals surface area (Å²) in [5.74, 6) is 0.0214. The Labute approximate surface area is 132 Å². The zero-order chi connectivity index (χ0) is 14.2. The summed E-state index contributed by atoms with van der Waals surface area (Å²) >= 11 is 8.36. The van der Waals surface area contributed by atoms with Crippen molar-refractivity contribution < 1.29 is 4.79 Å². The third-order valence-corrected chi connectivity index (χ3v) is 4.74. The molecule has 1 N–H and O–H groups in total. The van der Waals surface area contributed by atoms with E-state index in [2.05, 4.69) is 41.6 Å². The van der Waals surface area contributed by atoms with Crippen molar-refractivity contribution in [3.63, 3.8) is 0 Å². The van der Waals surface area contributed by atoms with Gasteiger partial charge in [0.25, 0.3) is 0 Å². The number of Topliss-reactive ketones (excluding diaryl/α,β-unsaturated/α-hetero) is 1. The highest BCUT2D eigenvalue weighted by Crippen LogP contribution is 2.37. The van der Waals surface area contributed by atoms with Crippen LogP contribution >= 0.6 is 43.4 Å². The molecule has 0 aliphatic rings. The minimum Gasteiger partial charge on any atom is -0.344 e. The summed E-state index contributed by atoms with van der Waals surface area (Å²) in [7, 11) is 0. The van der Waals surface area contributed by atoms with Gasteiger partial charge in [0.2, 0.25) is 0 Å². The first-order valence-corrected chi connectivity index (χ1v) is 7.96. The van der Waals surface area contributed by atoms with Crippen LogP contribution in [0.2, 0.25) is 0 Å². The molecular formula is C13H12Br2N2OS. The van der Waals surface area contributed by atoms with Gasteiger partial charge < -0.3 is 5.32 Å². The summed E-state index contributed by atoms with van der Waals surface area (Å²) in [4.78, 5) is 11.7. The fourth-order valence-corrected chi connectivity index (χ4v) is 4.27. The van der Waals surface area contributed by atoms with Gasteiger partial charge in [-0.15, -0.1) is 0 Å². The third kappa shape index (κ3) is 3.07. The van der Waals surface area contributed by atoms with E-state index in [4.69, 9.17) is 0 Å². The molecule has 0 radical (unpaired) electrons. The highest BCUT2D eigenvalue weighted by atomic mass is 79.9. The summed E-state index contributed by atoms with van der Waals surface area (Å²) in [6.07, 6.45) is 0. The van der Waals surface area contributed by atoms with Gasteiger partial charge >= 0.3 is 0 Å². The highest BCUT2D eigenvalue weighted by molar-refractivity contribution is 9.11. The van der Waals surface area contributed by atoms with Crippen LogP contribution in [0, 0.1) is 13.8 Å². The van der Waals surface area contributed by atoms with Crippen LogP contribution in [-0.4, -0.2) is 10.2 Å². The molecular weight excluding hydrogens is 392 g/mol. The van der Waals surface area contributed by atoms with Crippen LogP contribution in [0.15, 0.2) is 21.1 Å². The van der Waals surface area contributed by atoms with Crippen LogP contribution in [-0.2, 0) is 0 Å². The molecule has 1 heterocycles. The molecule has 0 saturated carbocycles. The maximum Gasteiger partial charge on any atom is 0.164 e. The molecule has 100 valence electrons. The van der Waals surface area contributed by atoms with Gasteiger partial charge in [0.1, 0.15) is 5.00 Å². The van der Waals surface area contributed by atoms with Gasteiger partial charge in [0.05, 0.1) is 16.9 Å². The van der Waals surface area contributed by atoms with E-state index in [1.165, 1.54) is 11.5 Å². The average Bonchev–Trinajstić information content (AvgIpc) is 2.64. The number of aromatic nitrogens is 1. The van der Waals surface area contributed by atoms with Crippen LogP contribution in [0.5, 0.6) is 0 Å². The number of nitrogens with zero attached hydrogens (tertiary/aromatic N) is 1. The molecule has 1 aromatic heterocycles. The standard InChI is InChI=1S/C13H12Br2N2OS/c1-6-4-9(14)12(10(15)5-6)16-13-11(8(3)18)7(2)17-19-13/h4-5,16H,1-3H3. The molecule has 2 rings (SSSR count). The Hall–Kier alpha value is -0.720. The molecule has 1 aromatic carbocycles. The van der Waals surface area contributed by atoms with Crippen LogP contribution in [0.4, 0.5) is 10.7 Å². The fraction of sp³-hybridized carbons (Fsp3) is 0.231. The summed E-state index contributed by atoms with van der Waals surface area (Å²) in [5.41, 5.74) is 3.47. The number of halogens is 2. The second kappa shape index (κ2) is 5.73. The molecule has 0 unspecified atom stereocenters. The molecule has 0 bridgehead atoms. The van der Waals surface area contributed by atoms with Gasteiger partial charge in [-0.2, -0.15) is 4.37 Å². The largest absolute Gasteiger partial charge is 0.344 e. The molecule has 3 nitrogen and oxygen atoms in total. The number of carbonyl (C=O) groups is 1. The number of benzene rings is 1. The smallest absolute Gasteiger partial charge is 0.164 e. The lowest BCUT2D eigenvalue weighted by atomic mass is 10.1. The number of hydrogen-bond donors (Lipinski definition) is 1. The summed E-state index contributed by atoms with van der Waals surface area (Å²) in [5, 5.41) is 4.05. The Morgan fingerprint density at radius 1 is 1.26 bits per heavy atom. The number of anilines is 2. The number of aryl methyl sites for hydroxylation is 2. The lowest BCUT2D eigenvalue weighted by molar-refractivity contribution is 0.101. The number of hydrogen-bond acceptors (Lipinski definition) is 4. The van der Waals surface area contributed by atoms with E-state index in [9.17, 15) is 4.79 Å². The van der Waals surface area contributed by atoms with Crippen molar-refractivity contribution in [2.45, 2.75) is 20.8 Å². The molecule has 0 fully saturated rings. The monoisotopic (exact) mass is 402 g/mol. The maximum absolute atomic E-state index is 11.7. The Kier molecular flexibility index (Phi) is 4.43. The molecule has 19 heavy (non-hydrogen) atoms. The van der Waals surface area contributed by atoms with Gasteiger partial charge in [0, 0.05) is 8.95 Å². The maximum atomic E-state index is 11.7. The number of ketones is 1. The molecule has 2 aromatic rings. The first-order chi connectivity index (χ1) is 8.90. The van der Waals surface area contributed by atoms with Crippen molar-refractivity contribution in [2.24, 2.45) is 0 Å². The van der Waals surface area contributed by atoms with E-state index in [0.717, 1.165) is 30.9 Å². The van der Waals surface area contributed by atoms with E-state index < -0.39 is 0 Å². The highest BCUT2D eigenvalue weighted by Gasteiger charge is 2.17. The average molecular weight is 404 g/mol. The third-order valence-electron chi connectivity index (χ3n) is 2.64. The zero-order valence-corrected chi connectivity index (χ0v) is 14.7. The van der Waals surface area contributed by atoms with Crippen LogP contribution in [0.1, 0.15) is 28.5 Å². The second-order valence-corrected chi connectivity index (χ2v) is 6.74. The number of rotatable bonds is 3. The summed E-state index contributed by atoms with van der Waals surface area (Å²) in [6, 6.07) is 4.04. The van der Waals surface area contributed by atoms with E-state index in [-0.39, 0.29) is 5.78 Å². The van der Waals surface area contributed by atoms with Gasteiger partial charge in [-0.3, -0.25) is 4.79 Å². The van der Waals surface area contributed by atoms with Gasteiger partial charge in [0.15, 0.2) is 5.78 Å². The van der Waals surface area contributed by atoms with Crippen molar-refractivity contribution in [2.75, 3.05) is 5.32 Å². The van der Waals surface area contributed by atoms with E-state index >= 15 is 0 Å². The van der Waals surface area contributed by atoms with Crippen LogP contribution < -0.4 is 5.32 Å². The second-order valence-electron chi connectivity index (χ2n) is 4.26. The molecule has 0 spiro atoms. The Morgan fingerprint density at radius 3 is 2.37 bits per heavy atom. The minimum absolute atomic E-state index is 0.0214. The quantitative estimate of drug-likeness (QED) is 0.713. The predicted molar refractivity (Wildman–Crippen MR) is 86.7 cm³/mol. The van der Waals surface area contributed by atoms with Crippen molar-refractivity contribution in [1.82, 2.24) is 4.37 Å². The molecule has 0 saturated heterocycles. The number of nitrogens with one attached hydrogen (secondary N) is 1. The van der Waals surface area contributed by atoms with Gasteiger partial charge in [-0.1, -0.05) is 0 Å². The lowest BCUT2D eigenvalue weighted by Gasteiger charge is -2.11. The van der Waals surface area contributed by atoms with Gasteiger partial charge in [-0.25, -0.2) is 0 Å². The Morgan fingerprint density at radius 2 is 1.84 bits per heavy atom. The van der Waals surface area contributed by atoms with Gasteiger partial charge in [-0.05, 0) is 81.9 Å². The lowest BCUT2D eigenvalue weighted by Crippen LogP contribution is -1.99. The molecule has 6 heteroatoms. The first-order valence-electron chi connectivity index (χ1n) is 5.60. The summed E-state index contributed by atoms with van der Waals surface area (Å²) < 4.78 is 6.13. The zero-order valence-electron chi connectivity index (χ0n) is 10.7. The van der Waals surface area contributed by atoms with Crippen LogP contribution in [0.3, 0.4) is 0 Å². The van der Waals surface area contributed by atoms with Crippen molar-refractivity contribution in [3.05, 3.63) is 37.9 Å². The van der Waals surface area contributed by atoms with Crippen molar-refractivity contribution in [1.29, 1.82) is 0 Å². The first kappa shape index (κ1) is 14.7. The Balaban J connectivity index is 2.45. The molecule has 0 atom stereocenters. The molecule has 0 aliphatic heterocycles. The normalized spacial score (nSPS) is 10.6. The molecule has 0 amide bonds. The van der Waals surface area contributed by atoms with E-state index in [1.807, 2.05) is 26.0 Å². The fourth-order valence-electron chi connectivity index (χ4n) is 1.80. The molecule has 0 aliphatic carbocycles. The number of carbonyl (C=O) groups excluding carboxylic acids is 1. The minimum atomic E-state index is 0.0214. The topological polar surface area (TPSA) is 42.0 Å². The van der Waals surface area contributed by atoms with Crippen LogP contribution in [0.25, 0.3) is 0 Å². The Bertz CT molecular complexity index is 629. The van der Waals surface area contributed by atoms with E-state index in [1.54, 1.807) is 6.92 Å². The SMILES string of the molecule is CC(=O)c1c(C)nsc1Nc1c(Br)cc(C)cc1Br. The van der Waals surface area contributed by atoms with Crippen molar-refractivity contribution >= 4 is 59.9 Å². The predicted octanol–water partition coefficient (Wildman–Crippen LogP) is 5.23. The van der Waals surface area contributed by atoms with Crippen molar-refractivity contribution in [3.8, 4) is 0 Å².